The van der Waals surface area contributed by atoms with Gasteiger partial charge in [0.2, 0.25) is 0 Å². The molecular weight excluding hydrogens is 462 g/mol. The van der Waals surface area contributed by atoms with Crippen LogP contribution in [-0.2, 0) is 0 Å². The average Bonchev–Trinajstić information content (AvgIpc) is 3.45. The van der Waals surface area contributed by atoms with Crippen molar-refractivity contribution in [3.63, 3.8) is 0 Å². The van der Waals surface area contributed by atoms with E-state index in [1.807, 2.05) is 43.3 Å². The van der Waals surface area contributed by atoms with Gasteiger partial charge in [0, 0.05) is 17.5 Å². The van der Waals surface area contributed by atoms with E-state index in [9.17, 15) is 14.7 Å². The maximum Gasteiger partial charge on any atom is 0.331 e. The number of carbonyl (C=O) groups is 2. The number of thiophene rings is 1. The van der Waals surface area contributed by atoms with Gasteiger partial charge in [-0.2, -0.15) is 0 Å². The first-order valence-electron chi connectivity index (χ1n) is 11.4. The van der Waals surface area contributed by atoms with Crippen molar-refractivity contribution in [3.8, 4) is 0 Å². The van der Waals surface area contributed by atoms with Crippen LogP contribution in [0.2, 0.25) is 0 Å². The fourth-order valence-corrected chi connectivity index (χ4v) is 5.61. The molecule has 0 spiro atoms. The van der Waals surface area contributed by atoms with Crippen LogP contribution in [0.3, 0.4) is 0 Å². The number of aliphatic hydroxyl groups is 1. The molecule has 3 amide bonds. The largest absolute Gasteiger partial charge is 0.391 e. The lowest BCUT2D eigenvalue weighted by molar-refractivity contribution is 0.0878. The van der Waals surface area contributed by atoms with Crippen LogP contribution in [0.4, 0.5) is 16.2 Å². The minimum Gasteiger partial charge on any atom is -0.391 e. The Bertz CT molecular complexity index is 1380. The molecule has 1 aliphatic heterocycles. The van der Waals surface area contributed by atoms with Gasteiger partial charge in [-0.1, -0.05) is 36.4 Å². The van der Waals surface area contributed by atoms with Crippen molar-refractivity contribution in [1.82, 2.24) is 10.3 Å². The van der Waals surface area contributed by atoms with Crippen LogP contribution in [0.5, 0.6) is 0 Å². The number of hydrogen-bond donors (Lipinski definition) is 3. The molecule has 0 bridgehead atoms. The zero-order chi connectivity index (χ0) is 24.5. The molecule has 1 saturated carbocycles. The summed E-state index contributed by atoms with van der Waals surface area (Å²) < 4.78 is 0. The summed E-state index contributed by atoms with van der Waals surface area (Å²) in [5.41, 5.74) is 3.19. The number of allylic oxidation sites excluding steroid dienone is 2. The second-order valence-corrected chi connectivity index (χ2v) is 9.43. The van der Waals surface area contributed by atoms with Crippen molar-refractivity contribution >= 4 is 57.3 Å². The van der Waals surface area contributed by atoms with Crippen LogP contribution < -0.4 is 15.5 Å². The van der Waals surface area contributed by atoms with Crippen LogP contribution in [0, 0.1) is 0 Å². The number of aromatic nitrogens is 1. The van der Waals surface area contributed by atoms with Gasteiger partial charge in [0.1, 0.15) is 9.71 Å². The number of rotatable bonds is 6. The number of urea groups is 1. The predicted molar refractivity (Wildman–Crippen MR) is 140 cm³/mol. The summed E-state index contributed by atoms with van der Waals surface area (Å²) in [5, 5.41) is 16.7. The van der Waals surface area contributed by atoms with E-state index in [0.29, 0.717) is 44.3 Å². The normalized spacial score (nSPS) is 20.2. The minimum absolute atomic E-state index is 0.286. The Kier molecular flexibility index (Phi) is 6.19. The van der Waals surface area contributed by atoms with Crippen molar-refractivity contribution in [2.45, 2.75) is 38.3 Å². The van der Waals surface area contributed by atoms with Crippen molar-refractivity contribution < 1.29 is 14.7 Å². The predicted octanol–water partition coefficient (Wildman–Crippen LogP) is 4.94. The Hall–Kier alpha value is -3.82. The molecule has 2 aromatic heterocycles. The maximum absolute atomic E-state index is 13.4. The molecule has 3 heterocycles. The van der Waals surface area contributed by atoms with Gasteiger partial charge in [-0.3, -0.25) is 14.7 Å². The topological polar surface area (TPSA) is 107 Å². The number of nitrogens with zero attached hydrogens (tertiary/aromatic N) is 3. The second-order valence-electron chi connectivity index (χ2n) is 8.43. The number of aliphatic imine (C=N–C) groups is 1. The van der Waals surface area contributed by atoms with E-state index < -0.39 is 6.10 Å². The Morgan fingerprint density at radius 1 is 1.31 bits per heavy atom. The smallest absolute Gasteiger partial charge is 0.331 e. The molecule has 2 aliphatic rings. The van der Waals surface area contributed by atoms with Crippen LogP contribution in [0.1, 0.15) is 41.4 Å². The van der Waals surface area contributed by atoms with Gasteiger partial charge in [0.05, 0.1) is 34.6 Å². The quantitative estimate of drug-likeness (QED) is 0.338. The number of aliphatic hydroxyl groups excluding tert-OH is 1. The van der Waals surface area contributed by atoms with Crippen molar-refractivity contribution in [2.24, 2.45) is 4.99 Å². The summed E-state index contributed by atoms with van der Waals surface area (Å²) in [7, 11) is 0. The summed E-state index contributed by atoms with van der Waals surface area (Å²) >= 11 is 1.22. The highest BCUT2D eigenvalue weighted by Gasteiger charge is 2.34. The molecule has 0 radical (unpaired) electrons. The SMILES string of the molecule is C=N/C(=C\C(=C/C)N1C(=O)Nc2c(C(=O)N[C@@H]3CCC[C@H]3O)sc3nccc1c23)c1ccccc1. The maximum atomic E-state index is 13.4. The molecule has 35 heavy (non-hydrogen) atoms. The molecule has 1 fully saturated rings. The van der Waals surface area contributed by atoms with E-state index >= 15 is 0 Å². The monoisotopic (exact) mass is 487 g/mol. The Morgan fingerprint density at radius 3 is 2.80 bits per heavy atom. The first kappa shape index (κ1) is 22.9. The molecule has 8 nitrogen and oxygen atoms in total. The Morgan fingerprint density at radius 2 is 2.11 bits per heavy atom. The number of carbonyl (C=O) groups excluding carboxylic acids is 2. The van der Waals surface area contributed by atoms with E-state index in [1.165, 1.54) is 11.3 Å². The molecule has 5 rings (SSSR count). The van der Waals surface area contributed by atoms with Gasteiger partial charge in [-0.05, 0) is 45.0 Å². The Labute approximate surface area is 206 Å². The number of hydrogen-bond acceptors (Lipinski definition) is 6. The molecule has 3 aromatic rings. The zero-order valence-electron chi connectivity index (χ0n) is 19.2. The summed E-state index contributed by atoms with van der Waals surface area (Å²) in [4.78, 5) is 37.7. The highest BCUT2D eigenvalue weighted by Crippen LogP contribution is 2.45. The minimum atomic E-state index is -0.551. The fraction of sp³-hybridized carbons (Fsp3) is 0.231. The van der Waals surface area contributed by atoms with Crippen molar-refractivity contribution in [3.05, 3.63) is 70.9 Å². The van der Waals surface area contributed by atoms with Crippen molar-refractivity contribution in [2.75, 3.05) is 10.2 Å². The molecule has 0 unspecified atom stereocenters. The van der Waals surface area contributed by atoms with Crippen molar-refractivity contribution in [1.29, 1.82) is 0 Å². The molecule has 178 valence electrons. The number of anilines is 2. The number of nitrogens with one attached hydrogen (secondary N) is 2. The van der Waals surface area contributed by atoms with Gasteiger partial charge in [-0.25, -0.2) is 9.78 Å². The number of benzene rings is 1. The van der Waals surface area contributed by atoms with Gasteiger partial charge in [-0.15, -0.1) is 11.3 Å². The molecule has 1 aromatic carbocycles. The highest BCUT2D eigenvalue weighted by atomic mass is 32.1. The van der Waals surface area contributed by atoms with Crippen LogP contribution in [0.25, 0.3) is 15.9 Å². The molecule has 3 N–H and O–H groups in total. The van der Waals surface area contributed by atoms with E-state index in [2.05, 4.69) is 27.3 Å². The van der Waals surface area contributed by atoms with Crippen LogP contribution in [-0.4, -0.2) is 40.9 Å². The van der Waals surface area contributed by atoms with E-state index in [-0.39, 0.29) is 18.0 Å². The first-order chi connectivity index (χ1) is 17.0. The second kappa shape index (κ2) is 9.44. The molecule has 1 aliphatic carbocycles. The molecule has 2 atom stereocenters. The third-order valence-electron chi connectivity index (χ3n) is 6.33. The first-order valence-corrected chi connectivity index (χ1v) is 12.2. The highest BCUT2D eigenvalue weighted by molar-refractivity contribution is 7.21. The zero-order valence-corrected chi connectivity index (χ0v) is 20.0. The van der Waals surface area contributed by atoms with Crippen LogP contribution in [0.15, 0.2) is 65.4 Å². The van der Waals surface area contributed by atoms with Gasteiger partial charge < -0.3 is 15.7 Å². The van der Waals surface area contributed by atoms with E-state index in [1.54, 1.807) is 23.2 Å². The average molecular weight is 488 g/mol. The summed E-state index contributed by atoms with van der Waals surface area (Å²) in [6.07, 6.45) is 6.98. The lowest BCUT2D eigenvalue weighted by Crippen LogP contribution is -2.40. The fourth-order valence-electron chi connectivity index (χ4n) is 4.59. The number of pyridine rings is 1. The lowest BCUT2D eigenvalue weighted by atomic mass is 10.1. The molecule has 9 heteroatoms. The summed E-state index contributed by atoms with van der Waals surface area (Å²) in [5.74, 6) is -0.318. The molecular formula is C26H25N5O3S. The third kappa shape index (κ3) is 4.13. The summed E-state index contributed by atoms with van der Waals surface area (Å²) in [6, 6.07) is 10.7. The third-order valence-corrected chi connectivity index (χ3v) is 7.42. The summed E-state index contributed by atoms with van der Waals surface area (Å²) in [6.45, 7) is 5.54. The standard InChI is InChI=1S/C26H25N5O3S/c1-3-16(14-18(27-2)15-8-5-4-6-9-15)31-19-12-13-28-25-21(19)22(30-26(31)34)23(35-25)24(33)29-17-10-7-11-20(17)32/h3-6,8-9,12-14,17,20,32H,2,7,10-11H2,1H3,(H,29,33)(H,30,34)/b16-3+,18-14-/t17-,20-/m1/s1. The van der Waals surface area contributed by atoms with Crippen LogP contribution >= 0.6 is 11.3 Å². The van der Waals surface area contributed by atoms with E-state index in [4.69, 9.17) is 0 Å². The number of amides is 3. The molecule has 0 saturated heterocycles. The van der Waals surface area contributed by atoms with Gasteiger partial charge in [0.15, 0.2) is 0 Å². The Balaban J connectivity index is 1.55. The van der Waals surface area contributed by atoms with Gasteiger partial charge >= 0.3 is 6.03 Å². The van der Waals surface area contributed by atoms with Gasteiger partial charge in [0.25, 0.3) is 5.91 Å². The lowest BCUT2D eigenvalue weighted by Gasteiger charge is -2.29. The van der Waals surface area contributed by atoms with E-state index in [0.717, 1.165) is 18.4 Å².